The van der Waals surface area contributed by atoms with Gasteiger partial charge in [0.2, 0.25) is 5.82 Å². The van der Waals surface area contributed by atoms with Crippen LogP contribution < -0.4 is 0 Å². The van der Waals surface area contributed by atoms with E-state index in [1.165, 1.54) is 0 Å². The van der Waals surface area contributed by atoms with E-state index < -0.39 is 6.10 Å². The second-order valence-electron chi connectivity index (χ2n) is 3.88. The van der Waals surface area contributed by atoms with E-state index in [0.29, 0.717) is 18.3 Å². The summed E-state index contributed by atoms with van der Waals surface area (Å²) in [5.41, 5.74) is 0. The lowest BCUT2D eigenvalue weighted by molar-refractivity contribution is 0.0384. The van der Waals surface area contributed by atoms with Crippen LogP contribution in [-0.2, 0) is 4.74 Å². The standard InChI is InChI=1S/C10H16N2O3/c1-3-14-8(7-4-5-7)9-11-10(6(2)13)15-12-9/h6-8,13H,3-5H2,1-2H3/t6-,8?/m0/s1. The molecule has 1 aromatic rings. The molecule has 84 valence electrons. The van der Waals surface area contributed by atoms with Gasteiger partial charge in [0.1, 0.15) is 12.2 Å². The zero-order valence-corrected chi connectivity index (χ0v) is 9.01. The highest BCUT2D eigenvalue weighted by Crippen LogP contribution is 2.42. The lowest BCUT2D eigenvalue weighted by atomic mass is 10.2. The van der Waals surface area contributed by atoms with Crippen molar-refractivity contribution in [3.05, 3.63) is 11.7 Å². The molecule has 0 radical (unpaired) electrons. The molecule has 15 heavy (non-hydrogen) atoms. The number of ether oxygens (including phenoxy) is 1. The van der Waals surface area contributed by atoms with Crippen molar-refractivity contribution in [3.63, 3.8) is 0 Å². The van der Waals surface area contributed by atoms with Gasteiger partial charge in [-0.25, -0.2) is 0 Å². The molecule has 5 heteroatoms. The Labute approximate surface area is 88.4 Å². The van der Waals surface area contributed by atoms with Gasteiger partial charge in [-0.3, -0.25) is 0 Å². The van der Waals surface area contributed by atoms with E-state index in [4.69, 9.17) is 9.26 Å². The smallest absolute Gasteiger partial charge is 0.255 e. The van der Waals surface area contributed by atoms with Gasteiger partial charge in [0, 0.05) is 6.61 Å². The van der Waals surface area contributed by atoms with Crippen molar-refractivity contribution in [2.75, 3.05) is 6.61 Å². The molecule has 2 rings (SSSR count). The molecule has 0 saturated heterocycles. The molecular formula is C10H16N2O3. The van der Waals surface area contributed by atoms with Crippen LogP contribution in [0.3, 0.4) is 0 Å². The number of nitrogens with zero attached hydrogens (tertiary/aromatic N) is 2. The first-order chi connectivity index (χ1) is 7.22. The minimum absolute atomic E-state index is 0.0637. The van der Waals surface area contributed by atoms with Gasteiger partial charge in [0.15, 0.2) is 0 Å². The monoisotopic (exact) mass is 212 g/mol. The number of hydrogen-bond acceptors (Lipinski definition) is 5. The zero-order chi connectivity index (χ0) is 10.8. The van der Waals surface area contributed by atoms with Crippen molar-refractivity contribution in [2.24, 2.45) is 5.92 Å². The lowest BCUT2D eigenvalue weighted by Crippen LogP contribution is -2.08. The average molecular weight is 212 g/mol. The summed E-state index contributed by atoms with van der Waals surface area (Å²) < 4.78 is 10.5. The Morgan fingerprint density at radius 3 is 2.80 bits per heavy atom. The molecule has 1 aliphatic rings. The second kappa shape index (κ2) is 4.28. The first-order valence-electron chi connectivity index (χ1n) is 5.35. The fourth-order valence-corrected chi connectivity index (χ4v) is 1.53. The fraction of sp³-hybridized carbons (Fsp3) is 0.800. The Kier molecular flexibility index (Phi) is 3.02. The predicted molar refractivity (Wildman–Crippen MR) is 52.0 cm³/mol. The Bertz CT molecular complexity index is 320. The number of rotatable bonds is 5. The van der Waals surface area contributed by atoms with Crippen LogP contribution in [0.4, 0.5) is 0 Å². The van der Waals surface area contributed by atoms with Crippen LogP contribution in [0.2, 0.25) is 0 Å². The number of aliphatic hydroxyl groups is 1. The maximum Gasteiger partial charge on any atom is 0.255 e. The normalized spacial score (nSPS) is 20.2. The molecule has 0 bridgehead atoms. The molecule has 1 aromatic heterocycles. The highest BCUT2D eigenvalue weighted by molar-refractivity contribution is 4.99. The maximum absolute atomic E-state index is 9.27. The average Bonchev–Trinajstić information content (AvgIpc) is 2.91. The molecule has 0 amide bonds. The third kappa shape index (κ3) is 2.35. The van der Waals surface area contributed by atoms with E-state index in [9.17, 15) is 5.11 Å². The van der Waals surface area contributed by atoms with Gasteiger partial charge in [-0.1, -0.05) is 5.16 Å². The van der Waals surface area contributed by atoms with Crippen molar-refractivity contribution < 1.29 is 14.4 Å². The van der Waals surface area contributed by atoms with Crippen LogP contribution in [-0.4, -0.2) is 21.9 Å². The van der Waals surface area contributed by atoms with E-state index in [2.05, 4.69) is 10.1 Å². The summed E-state index contributed by atoms with van der Waals surface area (Å²) in [6, 6.07) is 0. The molecule has 0 spiro atoms. The van der Waals surface area contributed by atoms with Gasteiger partial charge in [0.05, 0.1) is 0 Å². The van der Waals surface area contributed by atoms with Crippen molar-refractivity contribution in [2.45, 2.75) is 38.9 Å². The summed E-state index contributed by atoms with van der Waals surface area (Å²) in [5.74, 6) is 1.34. The minimum Gasteiger partial charge on any atom is -0.384 e. The highest BCUT2D eigenvalue weighted by atomic mass is 16.5. The number of aliphatic hydroxyl groups excluding tert-OH is 1. The second-order valence-corrected chi connectivity index (χ2v) is 3.88. The lowest BCUT2D eigenvalue weighted by Gasteiger charge is -2.11. The van der Waals surface area contributed by atoms with Gasteiger partial charge in [-0.05, 0) is 32.6 Å². The van der Waals surface area contributed by atoms with Gasteiger partial charge in [0.25, 0.3) is 5.89 Å². The predicted octanol–water partition coefficient (Wildman–Crippen LogP) is 1.61. The third-order valence-corrected chi connectivity index (χ3v) is 2.47. The summed E-state index contributed by atoms with van der Waals surface area (Å²) in [7, 11) is 0. The third-order valence-electron chi connectivity index (χ3n) is 2.47. The molecule has 1 fully saturated rings. The van der Waals surface area contributed by atoms with E-state index in [0.717, 1.165) is 12.8 Å². The topological polar surface area (TPSA) is 68.4 Å². The summed E-state index contributed by atoms with van der Waals surface area (Å²) in [6.07, 6.45) is 1.53. The number of hydrogen-bond donors (Lipinski definition) is 1. The zero-order valence-electron chi connectivity index (χ0n) is 9.01. The first-order valence-corrected chi connectivity index (χ1v) is 5.35. The van der Waals surface area contributed by atoms with Crippen molar-refractivity contribution in [1.29, 1.82) is 0 Å². The van der Waals surface area contributed by atoms with Crippen LogP contribution >= 0.6 is 0 Å². The van der Waals surface area contributed by atoms with E-state index in [-0.39, 0.29) is 12.0 Å². The molecule has 0 aliphatic heterocycles. The molecule has 2 atom stereocenters. The minimum atomic E-state index is -0.715. The highest BCUT2D eigenvalue weighted by Gasteiger charge is 2.36. The SMILES string of the molecule is CCOC(c1noc([C@H](C)O)n1)C1CC1. The Morgan fingerprint density at radius 1 is 1.60 bits per heavy atom. The van der Waals surface area contributed by atoms with Gasteiger partial charge < -0.3 is 14.4 Å². The van der Waals surface area contributed by atoms with E-state index in [1.807, 2.05) is 6.92 Å². The molecular weight excluding hydrogens is 196 g/mol. The Morgan fingerprint density at radius 2 is 2.33 bits per heavy atom. The van der Waals surface area contributed by atoms with E-state index >= 15 is 0 Å². The first kappa shape index (κ1) is 10.6. The molecule has 1 heterocycles. The summed E-state index contributed by atoms with van der Waals surface area (Å²) in [5, 5.41) is 13.1. The molecule has 1 unspecified atom stereocenters. The summed E-state index contributed by atoms with van der Waals surface area (Å²) >= 11 is 0. The Hall–Kier alpha value is -0.940. The summed E-state index contributed by atoms with van der Waals surface area (Å²) in [4.78, 5) is 4.14. The van der Waals surface area contributed by atoms with Gasteiger partial charge in [-0.15, -0.1) is 0 Å². The van der Waals surface area contributed by atoms with Crippen molar-refractivity contribution >= 4 is 0 Å². The Balaban J connectivity index is 2.10. The molecule has 0 aromatic carbocycles. The largest absolute Gasteiger partial charge is 0.384 e. The van der Waals surface area contributed by atoms with Gasteiger partial charge >= 0.3 is 0 Å². The van der Waals surface area contributed by atoms with Crippen LogP contribution in [0.25, 0.3) is 0 Å². The van der Waals surface area contributed by atoms with Crippen molar-refractivity contribution in [1.82, 2.24) is 10.1 Å². The quantitative estimate of drug-likeness (QED) is 0.803. The van der Waals surface area contributed by atoms with Crippen LogP contribution in [0.15, 0.2) is 4.52 Å². The van der Waals surface area contributed by atoms with E-state index in [1.54, 1.807) is 6.92 Å². The summed E-state index contributed by atoms with van der Waals surface area (Å²) in [6.45, 7) is 4.19. The maximum atomic E-state index is 9.27. The van der Waals surface area contributed by atoms with Crippen LogP contribution in [0.1, 0.15) is 50.6 Å². The molecule has 1 saturated carbocycles. The fourth-order valence-electron chi connectivity index (χ4n) is 1.53. The molecule has 5 nitrogen and oxygen atoms in total. The molecule has 1 aliphatic carbocycles. The van der Waals surface area contributed by atoms with Crippen LogP contribution in [0.5, 0.6) is 0 Å². The van der Waals surface area contributed by atoms with Crippen molar-refractivity contribution in [3.8, 4) is 0 Å². The van der Waals surface area contributed by atoms with Gasteiger partial charge in [-0.2, -0.15) is 4.98 Å². The van der Waals surface area contributed by atoms with Crippen LogP contribution in [0, 0.1) is 5.92 Å². The molecule has 1 N–H and O–H groups in total. The number of aromatic nitrogens is 2.